The van der Waals surface area contributed by atoms with E-state index in [1.807, 2.05) is 25.1 Å². The highest BCUT2D eigenvalue weighted by Crippen LogP contribution is 2.25. The maximum absolute atomic E-state index is 10.4. The Bertz CT molecular complexity index is 590. The third kappa shape index (κ3) is 3.46. The molecule has 2 aromatic carbocycles. The quantitative estimate of drug-likeness (QED) is 0.873. The minimum Gasteiger partial charge on any atom is -0.388 e. The van der Waals surface area contributed by atoms with Crippen LogP contribution in [0.5, 0.6) is 0 Å². The molecular weight excluding hydrogens is 300 g/mol. The van der Waals surface area contributed by atoms with Crippen molar-refractivity contribution in [2.75, 3.05) is 0 Å². The van der Waals surface area contributed by atoms with Crippen LogP contribution in [-0.2, 0) is 6.42 Å². The normalized spacial score (nSPS) is 12.5. The van der Waals surface area contributed by atoms with Crippen LogP contribution in [-0.4, -0.2) is 5.11 Å². The van der Waals surface area contributed by atoms with Crippen molar-refractivity contribution in [1.29, 1.82) is 0 Å². The zero-order chi connectivity index (χ0) is 14.0. The zero-order valence-electron chi connectivity index (χ0n) is 11.6. The molecule has 0 spiro atoms. The number of aliphatic hydroxyl groups is 1. The Morgan fingerprint density at radius 1 is 0.947 bits per heavy atom. The van der Waals surface area contributed by atoms with E-state index in [0.29, 0.717) is 6.42 Å². The van der Waals surface area contributed by atoms with Crippen LogP contribution in [0.3, 0.4) is 0 Å². The average Bonchev–Trinajstić information content (AvgIpc) is 2.36. The number of hydrogen-bond donors (Lipinski definition) is 1. The Morgan fingerprint density at radius 2 is 1.63 bits per heavy atom. The number of aryl methyl sites for hydroxylation is 3. The molecule has 1 N–H and O–H groups in total. The van der Waals surface area contributed by atoms with Gasteiger partial charge in [-0.3, -0.25) is 0 Å². The van der Waals surface area contributed by atoms with Gasteiger partial charge in [0.2, 0.25) is 0 Å². The van der Waals surface area contributed by atoms with Crippen molar-refractivity contribution in [3.05, 3.63) is 68.7 Å². The Hall–Kier alpha value is -1.12. The first-order valence-corrected chi connectivity index (χ1v) is 7.27. The molecule has 0 saturated heterocycles. The van der Waals surface area contributed by atoms with Gasteiger partial charge in [0.15, 0.2) is 0 Å². The molecule has 0 amide bonds. The third-order valence-electron chi connectivity index (χ3n) is 3.60. The summed E-state index contributed by atoms with van der Waals surface area (Å²) in [5.74, 6) is 0. The summed E-state index contributed by atoms with van der Waals surface area (Å²) in [5.41, 5.74) is 5.86. The Morgan fingerprint density at radius 3 is 2.32 bits per heavy atom. The lowest BCUT2D eigenvalue weighted by Gasteiger charge is -2.15. The molecule has 0 aliphatic carbocycles. The van der Waals surface area contributed by atoms with Gasteiger partial charge in [0.1, 0.15) is 0 Å². The predicted molar refractivity (Wildman–Crippen MR) is 83.5 cm³/mol. The van der Waals surface area contributed by atoms with Crippen LogP contribution >= 0.6 is 15.9 Å². The predicted octanol–water partition coefficient (Wildman–Crippen LogP) is 4.65. The molecule has 19 heavy (non-hydrogen) atoms. The molecule has 0 aliphatic rings. The van der Waals surface area contributed by atoms with E-state index in [9.17, 15) is 5.11 Å². The number of halogens is 1. The first-order valence-electron chi connectivity index (χ1n) is 6.47. The van der Waals surface area contributed by atoms with Gasteiger partial charge in [0, 0.05) is 10.9 Å². The van der Waals surface area contributed by atoms with Crippen molar-refractivity contribution in [3.8, 4) is 0 Å². The number of benzene rings is 2. The Labute approximate surface area is 123 Å². The SMILES string of the molecule is Cc1ccc(CC(O)c2cc(Br)ccc2C)cc1C. The molecule has 1 nitrogen and oxygen atoms in total. The molecule has 1 unspecified atom stereocenters. The Kier molecular flexibility index (Phi) is 4.43. The lowest BCUT2D eigenvalue weighted by Crippen LogP contribution is -2.04. The van der Waals surface area contributed by atoms with Gasteiger partial charge >= 0.3 is 0 Å². The van der Waals surface area contributed by atoms with E-state index in [2.05, 4.69) is 48.0 Å². The smallest absolute Gasteiger partial charge is 0.0833 e. The van der Waals surface area contributed by atoms with Crippen molar-refractivity contribution >= 4 is 15.9 Å². The van der Waals surface area contributed by atoms with Crippen molar-refractivity contribution < 1.29 is 5.11 Å². The van der Waals surface area contributed by atoms with Crippen molar-refractivity contribution in [1.82, 2.24) is 0 Å². The summed E-state index contributed by atoms with van der Waals surface area (Å²) in [5, 5.41) is 10.4. The molecule has 2 heteroatoms. The van der Waals surface area contributed by atoms with Crippen LogP contribution < -0.4 is 0 Å². The van der Waals surface area contributed by atoms with Crippen molar-refractivity contribution in [3.63, 3.8) is 0 Å². The van der Waals surface area contributed by atoms with E-state index in [-0.39, 0.29) is 0 Å². The van der Waals surface area contributed by atoms with E-state index < -0.39 is 6.10 Å². The first-order chi connectivity index (χ1) is 8.97. The highest BCUT2D eigenvalue weighted by molar-refractivity contribution is 9.10. The van der Waals surface area contributed by atoms with E-state index in [0.717, 1.165) is 15.6 Å². The first kappa shape index (κ1) is 14.3. The molecule has 1 atom stereocenters. The number of aliphatic hydroxyl groups excluding tert-OH is 1. The highest BCUT2D eigenvalue weighted by atomic mass is 79.9. The summed E-state index contributed by atoms with van der Waals surface area (Å²) in [6, 6.07) is 12.4. The molecule has 0 aromatic heterocycles. The maximum atomic E-state index is 10.4. The second-order valence-corrected chi connectivity index (χ2v) is 6.06. The molecule has 2 aromatic rings. The van der Waals surface area contributed by atoms with Crippen LogP contribution in [0, 0.1) is 20.8 Å². The van der Waals surface area contributed by atoms with Crippen LogP contribution in [0.2, 0.25) is 0 Å². The van der Waals surface area contributed by atoms with E-state index in [1.165, 1.54) is 16.7 Å². The van der Waals surface area contributed by atoms with E-state index in [1.54, 1.807) is 0 Å². The topological polar surface area (TPSA) is 20.2 Å². The van der Waals surface area contributed by atoms with Gasteiger partial charge in [-0.1, -0.05) is 40.2 Å². The number of rotatable bonds is 3. The summed E-state index contributed by atoms with van der Waals surface area (Å²) < 4.78 is 1.01. The Balaban J connectivity index is 2.22. The maximum Gasteiger partial charge on any atom is 0.0833 e. The minimum atomic E-state index is -0.459. The van der Waals surface area contributed by atoms with Crippen LogP contribution in [0.15, 0.2) is 40.9 Å². The molecule has 0 bridgehead atoms. The summed E-state index contributed by atoms with van der Waals surface area (Å²) in [6.07, 6.45) is 0.193. The molecule has 0 aliphatic heterocycles. The lowest BCUT2D eigenvalue weighted by atomic mass is 9.96. The van der Waals surface area contributed by atoms with Gasteiger partial charge in [0.25, 0.3) is 0 Å². The highest BCUT2D eigenvalue weighted by Gasteiger charge is 2.12. The van der Waals surface area contributed by atoms with Crippen LogP contribution in [0.1, 0.15) is 33.9 Å². The van der Waals surface area contributed by atoms with E-state index >= 15 is 0 Å². The summed E-state index contributed by atoms with van der Waals surface area (Å²) in [7, 11) is 0. The van der Waals surface area contributed by atoms with Crippen LogP contribution in [0.25, 0.3) is 0 Å². The van der Waals surface area contributed by atoms with Crippen LogP contribution in [0.4, 0.5) is 0 Å². The standard InChI is InChI=1S/C17H19BrO/c1-11-4-6-14(8-13(11)3)9-17(19)16-10-15(18)7-5-12(16)2/h4-8,10,17,19H,9H2,1-3H3. The van der Waals surface area contributed by atoms with Gasteiger partial charge < -0.3 is 5.11 Å². The molecular formula is C17H19BrO. The summed E-state index contributed by atoms with van der Waals surface area (Å²) >= 11 is 3.46. The fourth-order valence-electron chi connectivity index (χ4n) is 2.23. The fourth-order valence-corrected chi connectivity index (χ4v) is 2.61. The largest absolute Gasteiger partial charge is 0.388 e. The lowest BCUT2D eigenvalue weighted by molar-refractivity contribution is 0.177. The van der Waals surface area contributed by atoms with Crippen molar-refractivity contribution in [2.45, 2.75) is 33.3 Å². The van der Waals surface area contributed by atoms with Gasteiger partial charge in [0.05, 0.1) is 6.10 Å². The molecule has 2 rings (SSSR count). The van der Waals surface area contributed by atoms with Gasteiger partial charge in [-0.05, 0) is 60.7 Å². The summed E-state index contributed by atoms with van der Waals surface area (Å²) in [4.78, 5) is 0. The molecule has 0 heterocycles. The second kappa shape index (κ2) is 5.89. The van der Waals surface area contributed by atoms with Gasteiger partial charge in [-0.2, -0.15) is 0 Å². The van der Waals surface area contributed by atoms with Gasteiger partial charge in [-0.15, -0.1) is 0 Å². The molecule has 100 valence electrons. The molecule has 0 radical (unpaired) electrons. The summed E-state index contributed by atoms with van der Waals surface area (Å²) in [6.45, 7) is 6.24. The zero-order valence-corrected chi connectivity index (χ0v) is 13.2. The molecule has 0 saturated carbocycles. The van der Waals surface area contributed by atoms with Gasteiger partial charge in [-0.25, -0.2) is 0 Å². The second-order valence-electron chi connectivity index (χ2n) is 5.14. The average molecular weight is 319 g/mol. The minimum absolute atomic E-state index is 0.459. The monoisotopic (exact) mass is 318 g/mol. The number of hydrogen-bond acceptors (Lipinski definition) is 1. The third-order valence-corrected chi connectivity index (χ3v) is 4.09. The van der Waals surface area contributed by atoms with Crippen molar-refractivity contribution in [2.24, 2.45) is 0 Å². The fraction of sp³-hybridized carbons (Fsp3) is 0.294. The molecule has 0 fully saturated rings. The van der Waals surface area contributed by atoms with E-state index in [4.69, 9.17) is 0 Å².